The first-order valence-corrected chi connectivity index (χ1v) is 14.8. The Morgan fingerprint density at radius 3 is 1.34 bits per heavy atom. The van der Waals surface area contributed by atoms with Gasteiger partial charge in [-0.15, -0.1) is 0 Å². The van der Waals surface area contributed by atoms with Crippen LogP contribution < -0.4 is 15.2 Å². The van der Waals surface area contributed by atoms with Crippen LogP contribution in [0.3, 0.4) is 0 Å². The Morgan fingerprint density at radius 2 is 1.00 bits per heavy atom. The van der Waals surface area contributed by atoms with Gasteiger partial charge in [-0.1, -0.05) is 84.0 Å². The van der Waals surface area contributed by atoms with E-state index < -0.39 is 22.8 Å². The number of nitrogens with two attached hydrogens (primary N) is 1. The molecule has 3 aromatic carbocycles. The molecule has 0 aliphatic heterocycles. The van der Waals surface area contributed by atoms with Crippen molar-refractivity contribution in [3.05, 3.63) is 94.5 Å². The van der Waals surface area contributed by atoms with E-state index in [1.807, 2.05) is 71.9 Å². The summed E-state index contributed by atoms with van der Waals surface area (Å²) in [6, 6.07) is 21.7. The lowest BCUT2D eigenvalue weighted by atomic mass is 9.73. The van der Waals surface area contributed by atoms with Gasteiger partial charge in [0.1, 0.15) is 28.3 Å². The summed E-state index contributed by atoms with van der Waals surface area (Å²) >= 11 is 0. The highest BCUT2D eigenvalue weighted by atomic mass is 16.5. The molecule has 1 atom stereocenters. The van der Waals surface area contributed by atoms with Crippen molar-refractivity contribution < 1.29 is 14.6 Å². The second-order valence-electron chi connectivity index (χ2n) is 15.4. The molecule has 41 heavy (non-hydrogen) atoms. The van der Waals surface area contributed by atoms with Crippen LogP contribution in [0, 0.1) is 0 Å². The van der Waals surface area contributed by atoms with Crippen molar-refractivity contribution in [2.45, 2.75) is 123 Å². The Kier molecular flexibility index (Phi) is 9.13. The average molecular weight is 560 g/mol. The summed E-state index contributed by atoms with van der Waals surface area (Å²) in [5.41, 5.74) is 8.77. The predicted molar refractivity (Wildman–Crippen MR) is 172 cm³/mol. The van der Waals surface area contributed by atoms with Crippen LogP contribution in [-0.2, 0) is 22.9 Å². The maximum atomic E-state index is 13.3. The van der Waals surface area contributed by atoms with Gasteiger partial charge in [-0.25, -0.2) is 0 Å². The summed E-state index contributed by atoms with van der Waals surface area (Å²) in [6.07, 6.45) is 0.459. The molecule has 4 nitrogen and oxygen atoms in total. The molecule has 0 radical (unpaired) electrons. The third kappa shape index (κ3) is 8.14. The Labute approximate surface area is 249 Å². The first kappa shape index (κ1) is 32.7. The van der Waals surface area contributed by atoms with E-state index in [0.29, 0.717) is 29.0 Å². The second-order valence-corrected chi connectivity index (χ2v) is 15.4. The molecule has 0 saturated carbocycles. The van der Waals surface area contributed by atoms with Crippen LogP contribution in [0.1, 0.15) is 111 Å². The molecular formula is C37H53NO3. The number of hydrogen-bond acceptors (Lipinski definition) is 4. The normalized spacial score (nSPS) is 14.1. The summed E-state index contributed by atoms with van der Waals surface area (Å²) < 4.78 is 13.1. The van der Waals surface area contributed by atoms with Crippen molar-refractivity contribution in [3.63, 3.8) is 0 Å². The topological polar surface area (TPSA) is 64.7 Å². The molecule has 0 aliphatic rings. The van der Waals surface area contributed by atoms with E-state index in [2.05, 4.69) is 77.9 Å². The highest BCUT2D eigenvalue weighted by Crippen LogP contribution is 2.46. The smallest absolute Gasteiger partial charge is 0.137 e. The van der Waals surface area contributed by atoms with Crippen molar-refractivity contribution in [3.8, 4) is 11.5 Å². The van der Waals surface area contributed by atoms with Gasteiger partial charge >= 0.3 is 0 Å². The predicted octanol–water partition coefficient (Wildman–Crippen LogP) is 8.44. The minimum Gasteiger partial charge on any atom is -0.488 e. The van der Waals surface area contributed by atoms with Gasteiger partial charge < -0.3 is 20.3 Å². The monoisotopic (exact) mass is 559 g/mol. The molecule has 0 bridgehead atoms. The quantitative estimate of drug-likeness (QED) is 0.305. The van der Waals surface area contributed by atoms with Gasteiger partial charge in [0.25, 0.3) is 0 Å². The second kappa shape index (κ2) is 11.5. The molecule has 0 heterocycles. The third-order valence-electron chi connectivity index (χ3n) is 7.18. The van der Waals surface area contributed by atoms with Crippen LogP contribution >= 0.6 is 0 Å². The van der Waals surface area contributed by atoms with Crippen LogP contribution in [0.5, 0.6) is 11.5 Å². The molecule has 3 N–H and O–H groups in total. The van der Waals surface area contributed by atoms with Crippen LogP contribution in [0.2, 0.25) is 0 Å². The fourth-order valence-corrected chi connectivity index (χ4v) is 4.99. The number of aliphatic hydroxyl groups is 1. The zero-order chi connectivity index (χ0) is 31.0. The van der Waals surface area contributed by atoms with E-state index in [1.165, 1.54) is 0 Å². The van der Waals surface area contributed by atoms with Gasteiger partial charge in [0.05, 0.1) is 0 Å². The van der Waals surface area contributed by atoms with Crippen molar-refractivity contribution in [1.82, 2.24) is 0 Å². The fourth-order valence-electron chi connectivity index (χ4n) is 4.99. The summed E-state index contributed by atoms with van der Waals surface area (Å²) in [5.74, 6) is 1.22. The molecule has 4 heteroatoms. The SMILES string of the molecule is CC(C)(C)Oc1ccc(C(C)(C)C)cc1C(O)(c1cc(C(C)(C)C)ccc1OC(C)(C)C)C(N)Cc1ccccc1. The molecule has 0 spiro atoms. The van der Waals surface area contributed by atoms with Crippen molar-refractivity contribution >= 4 is 0 Å². The highest BCUT2D eigenvalue weighted by molar-refractivity contribution is 5.55. The van der Waals surface area contributed by atoms with E-state index in [0.717, 1.165) is 16.7 Å². The van der Waals surface area contributed by atoms with E-state index in [9.17, 15) is 5.11 Å². The van der Waals surface area contributed by atoms with Crippen LogP contribution in [0.25, 0.3) is 0 Å². The highest BCUT2D eigenvalue weighted by Gasteiger charge is 2.44. The first-order valence-electron chi connectivity index (χ1n) is 14.8. The average Bonchev–Trinajstić information content (AvgIpc) is 2.81. The molecule has 0 fully saturated rings. The Morgan fingerprint density at radius 1 is 0.610 bits per heavy atom. The van der Waals surface area contributed by atoms with Crippen LogP contribution in [-0.4, -0.2) is 22.4 Å². The molecule has 3 aromatic rings. The van der Waals surface area contributed by atoms with E-state index >= 15 is 0 Å². The third-order valence-corrected chi connectivity index (χ3v) is 7.18. The zero-order valence-electron chi connectivity index (χ0n) is 27.5. The van der Waals surface area contributed by atoms with Crippen molar-refractivity contribution in [1.29, 1.82) is 0 Å². The van der Waals surface area contributed by atoms with Gasteiger partial charge in [-0.2, -0.15) is 0 Å². The lowest BCUT2D eigenvalue weighted by Crippen LogP contribution is -2.49. The molecular weight excluding hydrogens is 506 g/mol. The largest absolute Gasteiger partial charge is 0.488 e. The lowest BCUT2D eigenvalue weighted by molar-refractivity contribution is 0.0355. The standard InChI is InChI=1S/C37H53NO3/c1-33(2,3)26-18-20-30(40-35(7,8)9)28(23-26)37(39,32(38)22-25-16-14-13-15-17-25)29-24-27(34(4,5)6)19-21-31(29)41-36(10,11)12/h13-21,23-24,32,39H,22,38H2,1-12H3. The lowest BCUT2D eigenvalue weighted by Gasteiger charge is -2.40. The molecule has 0 aliphatic carbocycles. The summed E-state index contributed by atoms with van der Waals surface area (Å²) in [6.45, 7) is 25.2. The van der Waals surface area contributed by atoms with Crippen molar-refractivity contribution in [2.24, 2.45) is 5.73 Å². The van der Waals surface area contributed by atoms with E-state index in [1.54, 1.807) is 0 Å². The molecule has 1 unspecified atom stereocenters. The summed E-state index contributed by atoms with van der Waals surface area (Å²) in [4.78, 5) is 0. The van der Waals surface area contributed by atoms with E-state index in [4.69, 9.17) is 15.2 Å². The van der Waals surface area contributed by atoms with E-state index in [-0.39, 0.29) is 10.8 Å². The molecule has 224 valence electrons. The minimum absolute atomic E-state index is 0.155. The first-order chi connectivity index (χ1) is 18.6. The number of benzene rings is 3. The fraction of sp³-hybridized carbons (Fsp3) is 0.514. The summed E-state index contributed by atoms with van der Waals surface area (Å²) in [7, 11) is 0. The van der Waals surface area contributed by atoms with Crippen LogP contribution in [0.4, 0.5) is 0 Å². The number of ether oxygens (including phenoxy) is 2. The Hall–Kier alpha value is -2.82. The number of hydrogen-bond donors (Lipinski definition) is 2. The zero-order valence-corrected chi connectivity index (χ0v) is 27.5. The Balaban J connectivity index is 2.46. The molecule has 3 rings (SSSR count). The summed E-state index contributed by atoms with van der Waals surface area (Å²) in [5, 5.41) is 13.3. The van der Waals surface area contributed by atoms with Crippen molar-refractivity contribution in [2.75, 3.05) is 0 Å². The number of rotatable bonds is 7. The van der Waals surface area contributed by atoms with Gasteiger partial charge in [-0.05, 0) is 99.7 Å². The Bertz CT molecular complexity index is 1240. The van der Waals surface area contributed by atoms with Gasteiger partial charge in [0, 0.05) is 17.2 Å². The maximum absolute atomic E-state index is 13.3. The molecule has 0 aromatic heterocycles. The molecule has 0 saturated heterocycles. The van der Waals surface area contributed by atoms with Crippen LogP contribution in [0.15, 0.2) is 66.7 Å². The minimum atomic E-state index is -1.64. The van der Waals surface area contributed by atoms with Gasteiger partial charge in [-0.3, -0.25) is 0 Å². The van der Waals surface area contributed by atoms with Gasteiger partial charge in [0.2, 0.25) is 0 Å². The van der Waals surface area contributed by atoms with Gasteiger partial charge in [0.15, 0.2) is 0 Å². The maximum Gasteiger partial charge on any atom is 0.137 e. The molecule has 0 amide bonds.